The number of nitrogens with zero attached hydrogens (tertiary/aromatic N) is 1. The Kier molecular flexibility index (Phi) is 4.11. The van der Waals surface area contributed by atoms with Gasteiger partial charge in [0.15, 0.2) is 0 Å². The molecule has 0 bridgehead atoms. The van der Waals surface area contributed by atoms with E-state index in [1.165, 1.54) is 10.4 Å². The first-order chi connectivity index (χ1) is 8.88. The van der Waals surface area contributed by atoms with Crippen molar-refractivity contribution in [2.24, 2.45) is 0 Å². The summed E-state index contributed by atoms with van der Waals surface area (Å²) in [6.07, 6.45) is 0. The molecule has 0 fully saturated rings. The van der Waals surface area contributed by atoms with E-state index in [1.807, 2.05) is 13.8 Å². The summed E-state index contributed by atoms with van der Waals surface area (Å²) in [7, 11) is 0. The second-order valence-electron chi connectivity index (χ2n) is 5.15. The fourth-order valence-corrected chi connectivity index (χ4v) is 3.48. The van der Waals surface area contributed by atoms with E-state index >= 15 is 0 Å². The summed E-state index contributed by atoms with van der Waals surface area (Å²) in [5.74, 6) is 1.96. The second-order valence-corrected chi connectivity index (χ2v) is 6.56. The molecule has 0 aliphatic carbocycles. The van der Waals surface area contributed by atoms with E-state index in [0.717, 1.165) is 22.2 Å². The first-order valence-corrected chi connectivity index (χ1v) is 7.47. The van der Waals surface area contributed by atoms with Crippen LogP contribution in [0.15, 0.2) is 10.5 Å². The lowest BCUT2D eigenvalue weighted by atomic mass is 10.1. The van der Waals surface area contributed by atoms with Gasteiger partial charge in [0, 0.05) is 22.5 Å². The Hall–Kier alpha value is -1.13. The van der Waals surface area contributed by atoms with Crippen LogP contribution in [0.5, 0.6) is 0 Å². The van der Waals surface area contributed by atoms with Gasteiger partial charge in [0.25, 0.3) is 0 Å². The van der Waals surface area contributed by atoms with Gasteiger partial charge in [-0.05, 0) is 47.6 Å². The van der Waals surface area contributed by atoms with E-state index in [2.05, 4.69) is 44.1 Å². The molecule has 2 aromatic heterocycles. The summed E-state index contributed by atoms with van der Waals surface area (Å²) in [5, 5.41) is 4.73. The molecule has 2 atom stereocenters. The molecule has 1 N–H and O–H groups in total. The molecule has 0 spiro atoms. The number of hydrogen-bond acceptors (Lipinski definition) is 4. The van der Waals surface area contributed by atoms with Crippen LogP contribution >= 0.6 is 11.3 Å². The summed E-state index contributed by atoms with van der Waals surface area (Å²) in [4.78, 5) is 5.91. The number of furan rings is 1. The van der Waals surface area contributed by atoms with Crippen LogP contribution in [0.3, 0.4) is 0 Å². The predicted molar refractivity (Wildman–Crippen MR) is 79.7 cm³/mol. The third-order valence-corrected chi connectivity index (χ3v) is 4.30. The van der Waals surface area contributed by atoms with Crippen molar-refractivity contribution >= 4 is 11.3 Å². The quantitative estimate of drug-likeness (QED) is 0.901. The summed E-state index contributed by atoms with van der Waals surface area (Å²) in [5.41, 5.74) is 2.39. The molecule has 2 heterocycles. The summed E-state index contributed by atoms with van der Waals surface area (Å²) in [6.45, 7) is 12.5. The van der Waals surface area contributed by atoms with Crippen LogP contribution in [0, 0.1) is 27.7 Å². The van der Waals surface area contributed by atoms with Gasteiger partial charge in [0.1, 0.15) is 11.5 Å². The summed E-state index contributed by atoms with van der Waals surface area (Å²) < 4.78 is 5.60. The Morgan fingerprint density at radius 1 is 1.16 bits per heavy atom. The van der Waals surface area contributed by atoms with Crippen molar-refractivity contribution in [3.05, 3.63) is 38.7 Å². The number of thiazole rings is 1. The molecule has 0 amide bonds. The zero-order valence-electron chi connectivity index (χ0n) is 12.5. The Morgan fingerprint density at radius 2 is 1.84 bits per heavy atom. The monoisotopic (exact) mass is 278 g/mol. The van der Waals surface area contributed by atoms with Crippen LogP contribution in [-0.4, -0.2) is 4.98 Å². The molecular formula is C15H22N2OS. The highest BCUT2D eigenvalue weighted by Crippen LogP contribution is 2.27. The highest BCUT2D eigenvalue weighted by atomic mass is 32.1. The third-order valence-electron chi connectivity index (χ3n) is 3.40. The molecule has 2 rings (SSSR count). The molecule has 0 radical (unpaired) electrons. The average molecular weight is 278 g/mol. The predicted octanol–water partition coefficient (Wildman–Crippen LogP) is 4.38. The van der Waals surface area contributed by atoms with Gasteiger partial charge in [-0.25, -0.2) is 4.98 Å². The molecule has 2 unspecified atom stereocenters. The molecule has 3 nitrogen and oxygen atoms in total. The highest BCUT2D eigenvalue weighted by Gasteiger charge is 2.18. The number of nitrogens with one attached hydrogen (secondary N) is 1. The standard InChI is InChI=1S/C15H22N2OS/c1-8-7-14(11(4)18-8)9(2)16-10(3)15-12(5)19-13(6)17-15/h7,9-10,16H,1-6H3. The minimum atomic E-state index is 0.245. The van der Waals surface area contributed by atoms with Gasteiger partial charge in [0.2, 0.25) is 0 Å². The van der Waals surface area contributed by atoms with E-state index in [9.17, 15) is 0 Å². The lowest BCUT2D eigenvalue weighted by molar-refractivity contribution is 0.464. The van der Waals surface area contributed by atoms with Gasteiger partial charge in [-0.3, -0.25) is 0 Å². The van der Waals surface area contributed by atoms with E-state index in [4.69, 9.17) is 4.42 Å². The van der Waals surface area contributed by atoms with Gasteiger partial charge >= 0.3 is 0 Å². The number of hydrogen-bond donors (Lipinski definition) is 1. The average Bonchev–Trinajstić information content (AvgIpc) is 2.81. The number of rotatable bonds is 4. The van der Waals surface area contributed by atoms with Crippen molar-refractivity contribution in [3.63, 3.8) is 0 Å². The van der Waals surface area contributed by atoms with Crippen LogP contribution in [0.1, 0.15) is 58.6 Å². The smallest absolute Gasteiger partial charge is 0.105 e. The lowest BCUT2D eigenvalue weighted by Crippen LogP contribution is -2.23. The Labute approximate surface area is 119 Å². The molecule has 0 saturated heterocycles. The van der Waals surface area contributed by atoms with Crippen LogP contribution < -0.4 is 5.32 Å². The van der Waals surface area contributed by atoms with Crippen molar-refractivity contribution in [1.82, 2.24) is 10.3 Å². The fraction of sp³-hybridized carbons (Fsp3) is 0.533. The van der Waals surface area contributed by atoms with E-state index in [0.29, 0.717) is 0 Å². The van der Waals surface area contributed by atoms with Gasteiger partial charge in [-0.15, -0.1) is 11.3 Å². The summed E-state index contributed by atoms with van der Waals surface area (Å²) in [6, 6.07) is 2.61. The molecule has 104 valence electrons. The Bertz CT molecular complexity index is 520. The molecule has 0 aromatic carbocycles. The zero-order valence-corrected chi connectivity index (χ0v) is 13.3. The molecule has 0 aliphatic heterocycles. The van der Waals surface area contributed by atoms with Crippen molar-refractivity contribution in [2.75, 3.05) is 0 Å². The second kappa shape index (κ2) is 5.47. The molecular weight excluding hydrogens is 256 g/mol. The SMILES string of the molecule is Cc1cc(C(C)NC(C)c2nc(C)sc2C)c(C)o1. The van der Waals surface area contributed by atoms with E-state index < -0.39 is 0 Å². The Morgan fingerprint density at radius 3 is 2.32 bits per heavy atom. The van der Waals surface area contributed by atoms with Crippen LogP contribution in [0.2, 0.25) is 0 Å². The van der Waals surface area contributed by atoms with Crippen molar-refractivity contribution in [2.45, 2.75) is 53.6 Å². The molecule has 2 aromatic rings. The van der Waals surface area contributed by atoms with Gasteiger partial charge in [-0.2, -0.15) is 0 Å². The minimum absolute atomic E-state index is 0.245. The number of aromatic nitrogens is 1. The Balaban J connectivity index is 2.12. The van der Waals surface area contributed by atoms with Gasteiger partial charge in [0.05, 0.1) is 10.7 Å². The molecule has 4 heteroatoms. The first-order valence-electron chi connectivity index (χ1n) is 6.65. The third kappa shape index (κ3) is 3.07. The molecule has 0 saturated carbocycles. The maximum Gasteiger partial charge on any atom is 0.105 e. The maximum absolute atomic E-state index is 5.60. The topological polar surface area (TPSA) is 38.1 Å². The van der Waals surface area contributed by atoms with Crippen LogP contribution in [0.4, 0.5) is 0 Å². The van der Waals surface area contributed by atoms with Crippen molar-refractivity contribution in [3.8, 4) is 0 Å². The largest absolute Gasteiger partial charge is 0.466 e. The van der Waals surface area contributed by atoms with Crippen molar-refractivity contribution in [1.29, 1.82) is 0 Å². The number of aryl methyl sites for hydroxylation is 4. The molecule has 19 heavy (non-hydrogen) atoms. The molecule has 0 aliphatic rings. The first kappa shape index (κ1) is 14.3. The lowest BCUT2D eigenvalue weighted by Gasteiger charge is -2.19. The van der Waals surface area contributed by atoms with E-state index in [-0.39, 0.29) is 12.1 Å². The highest BCUT2D eigenvalue weighted by molar-refractivity contribution is 7.11. The van der Waals surface area contributed by atoms with Gasteiger partial charge in [-0.1, -0.05) is 0 Å². The summed E-state index contributed by atoms with van der Waals surface area (Å²) >= 11 is 1.76. The van der Waals surface area contributed by atoms with Crippen LogP contribution in [-0.2, 0) is 0 Å². The fourth-order valence-electron chi connectivity index (χ4n) is 2.57. The van der Waals surface area contributed by atoms with Gasteiger partial charge < -0.3 is 9.73 Å². The normalized spacial score (nSPS) is 14.6. The zero-order chi connectivity index (χ0) is 14.2. The maximum atomic E-state index is 5.60. The van der Waals surface area contributed by atoms with Crippen LogP contribution in [0.25, 0.3) is 0 Å². The minimum Gasteiger partial charge on any atom is -0.466 e. The van der Waals surface area contributed by atoms with E-state index in [1.54, 1.807) is 11.3 Å². The van der Waals surface area contributed by atoms with Crippen molar-refractivity contribution < 1.29 is 4.42 Å².